The Balaban J connectivity index is 2.74. The summed E-state index contributed by atoms with van der Waals surface area (Å²) >= 11 is 0. The molecule has 1 heterocycles. The number of carbonyl (C=O) groups is 1. The first kappa shape index (κ1) is 5.11. The van der Waals surface area contributed by atoms with Crippen molar-refractivity contribution in [3.05, 3.63) is 12.3 Å². The van der Waals surface area contributed by atoms with Crippen LogP contribution in [0.3, 0.4) is 0 Å². The molecule has 8 heavy (non-hydrogen) atoms. The van der Waals surface area contributed by atoms with Crippen molar-refractivity contribution in [3.63, 3.8) is 0 Å². The van der Waals surface area contributed by atoms with E-state index in [1.807, 2.05) is 0 Å². The van der Waals surface area contributed by atoms with Crippen molar-refractivity contribution in [1.82, 2.24) is 0 Å². The lowest BCUT2D eigenvalue weighted by Gasteiger charge is -1.99. The fourth-order valence-corrected chi connectivity index (χ4v) is 0.370. The van der Waals surface area contributed by atoms with Crippen molar-refractivity contribution in [2.45, 2.75) is 6.04 Å². The van der Waals surface area contributed by atoms with Crippen LogP contribution in [0, 0.1) is 0 Å². The Hall–Kier alpha value is -1.03. The number of nitrogens with zero attached hydrogens (tertiary/aromatic N) is 2. The number of nitrogens with two attached hydrogens (primary N) is 1. The number of amides is 1. The maximum atomic E-state index is 10.4. The van der Waals surface area contributed by atoms with Crippen LogP contribution < -0.4 is 5.73 Å². The van der Waals surface area contributed by atoms with Crippen molar-refractivity contribution in [2.75, 3.05) is 0 Å². The average molecular weight is 111 g/mol. The first-order valence-corrected chi connectivity index (χ1v) is 2.17. The highest BCUT2D eigenvalue weighted by molar-refractivity contribution is 5.84. The lowest BCUT2D eigenvalue weighted by Crippen LogP contribution is -2.27. The minimum absolute atomic E-state index is 0.382. The lowest BCUT2D eigenvalue weighted by molar-refractivity contribution is -0.118. The van der Waals surface area contributed by atoms with E-state index in [1.54, 1.807) is 0 Å². The third-order valence-electron chi connectivity index (χ3n) is 0.802. The first-order valence-electron chi connectivity index (χ1n) is 2.17. The summed E-state index contributed by atoms with van der Waals surface area (Å²) in [5.74, 6) is -0.382. The largest absolute Gasteiger partial charge is 0.317 e. The summed E-state index contributed by atoms with van der Waals surface area (Å²) in [4.78, 5) is 10.4. The van der Waals surface area contributed by atoms with Crippen LogP contribution in [-0.4, -0.2) is 11.9 Å². The summed E-state index contributed by atoms with van der Waals surface area (Å²) in [5.41, 5.74) is 5.19. The van der Waals surface area contributed by atoms with Gasteiger partial charge in [-0.15, -0.1) is 5.11 Å². The molecular weight excluding hydrogens is 106 g/mol. The van der Waals surface area contributed by atoms with E-state index in [0.717, 1.165) is 0 Å². The van der Waals surface area contributed by atoms with E-state index in [-0.39, 0.29) is 5.91 Å². The van der Waals surface area contributed by atoms with Gasteiger partial charge in [0, 0.05) is 6.20 Å². The number of rotatable bonds is 0. The molecule has 4 heteroatoms. The van der Waals surface area contributed by atoms with Crippen LogP contribution in [0.1, 0.15) is 0 Å². The van der Waals surface area contributed by atoms with Gasteiger partial charge < -0.3 is 5.73 Å². The highest BCUT2D eigenvalue weighted by Crippen LogP contribution is 1.94. The maximum absolute atomic E-state index is 10.4. The van der Waals surface area contributed by atoms with Gasteiger partial charge in [0.2, 0.25) is 0 Å². The SMILES string of the molecule is NC1C=CN=NC1=O. The zero-order valence-electron chi connectivity index (χ0n) is 4.11. The second kappa shape index (κ2) is 1.83. The standard InChI is InChI=1S/C4H5N3O/c5-3-1-2-6-7-4(3)8/h1-3H,5H2. The summed E-state index contributed by atoms with van der Waals surface area (Å²) in [6.07, 6.45) is 2.90. The zero-order chi connectivity index (χ0) is 5.98. The molecule has 0 spiro atoms. The van der Waals surface area contributed by atoms with Crippen LogP contribution in [0.4, 0.5) is 0 Å². The number of carbonyl (C=O) groups excluding carboxylic acids is 1. The third-order valence-corrected chi connectivity index (χ3v) is 0.802. The molecule has 1 aliphatic heterocycles. The normalized spacial score (nSPS) is 26.6. The molecule has 0 aromatic heterocycles. The Morgan fingerprint density at radius 1 is 1.75 bits per heavy atom. The van der Waals surface area contributed by atoms with Crippen molar-refractivity contribution in [1.29, 1.82) is 0 Å². The van der Waals surface area contributed by atoms with E-state index < -0.39 is 6.04 Å². The third kappa shape index (κ3) is 0.788. The molecule has 1 amide bonds. The predicted octanol–water partition coefficient (Wildman–Crippen LogP) is -0.180. The highest BCUT2D eigenvalue weighted by atomic mass is 16.2. The van der Waals surface area contributed by atoms with Gasteiger partial charge in [-0.3, -0.25) is 4.79 Å². The summed E-state index contributed by atoms with van der Waals surface area (Å²) in [5, 5.41) is 6.51. The maximum Gasteiger partial charge on any atom is 0.285 e. The molecule has 0 fully saturated rings. The van der Waals surface area contributed by atoms with E-state index in [4.69, 9.17) is 5.73 Å². The molecule has 0 aromatic carbocycles. The Bertz CT molecular complexity index is 161. The molecule has 1 aliphatic rings. The molecule has 1 atom stereocenters. The van der Waals surface area contributed by atoms with Gasteiger partial charge in [0.05, 0.1) is 0 Å². The molecule has 42 valence electrons. The van der Waals surface area contributed by atoms with E-state index >= 15 is 0 Å². The van der Waals surface area contributed by atoms with Gasteiger partial charge in [-0.05, 0) is 6.08 Å². The minimum atomic E-state index is -0.576. The molecule has 1 unspecified atom stereocenters. The van der Waals surface area contributed by atoms with Crippen molar-refractivity contribution < 1.29 is 4.79 Å². The summed E-state index contributed by atoms with van der Waals surface area (Å²) in [6, 6.07) is -0.576. The van der Waals surface area contributed by atoms with Gasteiger partial charge in [0.1, 0.15) is 6.04 Å². The molecular formula is C4H5N3O. The van der Waals surface area contributed by atoms with Crippen molar-refractivity contribution in [2.24, 2.45) is 16.0 Å². The van der Waals surface area contributed by atoms with Gasteiger partial charge in [0.15, 0.2) is 0 Å². The smallest absolute Gasteiger partial charge is 0.285 e. The summed E-state index contributed by atoms with van der Waals surface area (Å²) < 4.78 is 0. The Kier molecular flexibility index (Phi) is 1.17. The molecule has 0 aromatic rings. The topological polar surface area (TPSA) is 67.8 Å². The summed E-state index contributed by atoms with van der Waals surface area (Å²) in [6.45, 7) is 0. The predicted molar refractivity (Wildman–Crippen MR) is 27.0 cm³/mol. The van der Waals surface area contributed by atoms with Crippen LogP contribution in [0.5, 0.6) is 0 Å². The van der Waals surface area contributed by atoms with Crippen LogP contribution in [0.2, 0.25) is 0 Å². The monoisotopic (exact) mass is 111 g/mol. The molecule has 0 radical (unpaired) electrons. The van der Waals surface area contributed by atoms with Gasteiger partial charge in [-0.1, -0.05) is 0 Å². The minimum Gasteiger partial charge on any atom is -0.317 e. The number of hydrogen-bond donors (Lipinski definition) is 1. The van der Waals surface area contributed by atoms with Crippen LogP contribution in [-0.2, 0) is 4.79 Å². The fourth-order valence-electron chi connectivity index (χ4n) is 0.370. The lowest BCUT2D eigenvalue weighted by atomic mass is 10.3. The van der Waals surface area contributed by atoms with Crippen molar-refractivity contribution in [3.8, 4) is 0 Å². The molecule has 0 saturated carbocycles. The van der Waals surface area contributed by atoms with Crippen molar-refractivity contribution >= 4 is 5.91 Å². The molecule has 0 aliphatic carbocycles. The molecule has 1 rings (SSSR count). The number of azo groups is 1. The van der Waals surface area contributed by atoms with Gasteiger partial charge >= 0.3 is 0 Å². The highest BCUT2D eigenvalue weighted by Gasteiger charge is 2.09. The molecule has 0 saturated heterocycles. The van der Waals surface area contributed by atoms with E-state index in [1.165, 1.54) is 12.3 Å². The zero-order valence-corrected chi connectivity index (χ0v) is 4.11. The Morgan fingerprint density at radius 3 is 2.88 bits per heavy atom. The van der Waals surface area contributed by atoms with Crippen LogP contribution >= 0.6 is 0 Å². The van der Waals surface area contributed by atoms with E-state index in [9.17, 15) is 4.79 Å². The van der Waals surface area contributed by atoms with Gasteiger partial charge in [-0.2, -0.15) is 5.11 Å². The second-order valence-corrected chi connectivity index (χ2v) is 1.42. The van der Waals surface area contributed by atoms with Gasteiger partial charge in [-0.25, -0.2) is 0 Å². The molecule has 4 nitrogen and oxygen atoms in total. The van der Waals surface area contributed by atoms with E-state index in [0.29, 0.717) is 0 Å². The quantitative estimate of drug-likeness (QED) is 0.471. The second-order valence-electron chi connectivity index (χ2n) is 1.42. The molecule has 0 bridgehead atoms. The van der Waals surface area contributed by atoms with Gasteiger partial charge in [0.25, 0.3) is 5.91 Å². The summed E-state index contributed by atoms with van der Waals surface area (Å²) in [7, 11) is 0. The fraction of sp³-hybridized carbons (Fsp3) is 0.250. The Labute approximate surface area is 46.1 Å². The average Bonchev–Trinajstić information content (AvgIpc) is 1.77. The first-order chi connectivity index (χ1) is 3.80. The van der Waals surface area contributed by atoms with Crippen LogP contribution in [0.15, 0.2) is 22.5 Å². The van der Waals surface area contributed by atoms with E-state index in [2.05, 4.69) is 10.2 Å². The van der Waals surface area contributed by atoms with Crippen LogP contribution in [0.25, 0.3) is 0 Å². The Morgan fingerprint density at radius 2 is 2.50 bits per heavy atom. The molecule has 2 N–H and O–H groups in total. The number of hydrogen-bond acceptors (Lipinski definition) is 3.